The molecule has 0 bridgehead atoms. The number of hydrogen-bond donors (Lipinski definition) is 2. The van der Waals surface area contributed by atoms with Crippen LogP contribution in [0.3, 0.4) is 0 Å². The van der Waals surface area contributed by atoms with Crippen LogP contribution in [0, 0.1) is 6.92 Å². The van der Waals surface area contributed by atoms with E-state index >= 15 is 0 Å². The second-order valence-corrected chi connectivity index (χ2v) is 5.22. The van der Waals surface area contributed by atoms with E-state index in [9.17, 15) is 4.79 Å². The molecule has 0 atom stereocenters. The van der Waals surface area contributed by atoms with Gasteiger partial charge in [-0.05, 0) is 13.0 Å². The molecule has 3 rings (SSSR count). The van der Waals surface area contributed by atoms with Gasteiger partial charge in [0.15, 0.2) is 0 Å². The second-order valence-electron chi connectivity index (χ2n) is 5.22. The van der Waals surface area contributed by atoms with Gasteiger partial charge in [-0.2, -0.15) is 10.1 Å². The predicted octanol–water partition coefficient (Wildman–Crippen LogP) is 0.350. The highest BCUT2D eigenvalue weighted by Crippen LogP contribution is 2.10. The first-order valence-electron chi connectivity index (χ1n) is 7.51. The third-order valence-corrected chi connectivity index (χ3v) is 2.94. The number of nitrogens with zero attached hydrogens (tertiary/aromatic N) is 6. The number of nitrogens with two attached hydrogens (primary N) is 1. The van der Waals surface area contributed by atoms with Crippen LogP contribution in [0.25, 0.3) is 11.5 Å². The molecule has 0 spiro atoms. The lowest BCUT2D eigenvalue weighted by atomic mass is 10.3. The van der Waals surface area contributed by atoms with Crippen molar-refractivity contribution in [2.45, 2.75) is 26.9 Å². The van der Waals surface area contributed by atoms with E-state index in [-0.39, 0.29) is 5.91 Å². The van der Waals surface area contributed by atoms with Crippen molar-refractivity contribution < 1.29 is 9.32 Å². The Labute approximate surface area is 144 Å². The number of carbonyl (C=O) groups excluding carboxylic acids is 1. The summed E-state index contributed by atoms with van der Waals surface area (Å²) in [6.07, 6.45) is 4.79. The molecule has 0 aliphatic rings. The smallest absolute Gasteiger partial charge is 0.240 e. The highest BCUT2D eigenvalue weighted by Gasteiger charge is 2.09. The normalized spacial score (nSPS) is 10.2. The topological polar surface area (TPSA) is 138 Å². The number of nitrogens with one attached hydrogen (secondary N) is 1. The van der Waals surface area contributed by atoms with Gasteiger partial charge in [0, 0.05) is 32.9 Å². The summed E-state index contributed by atoms with van der Waals surface area (Å²) in [4.78, 5) is 21.6. The van der Waals surface area contributed by atoms with E-state index in [1.165, 1.54) is 6.92 Å². The van der Waals surface area contributed by atoms with Crippen molar-refractivity contribution >= 4 is 5.91 Å². The van der Waals surface area contributed by atoms with Crippen molar-refractivity contribution in [2.75, 3.05) is 0 Å². The molecule has 3 aromatic heterocycles. The molecular formula is C15H20N8O2. The van der Waals surface area contributed by atoms with E-state index in [4.69, 9.17) is 4.52 Å². The molecule has 25 heavy (non-hydrogen) atoms. The first kappa shape index (κ1) is 18.2. The molecule has 0 aromatic carbocycles. The fraction of sp³-hybridized carbons (Fsp3) is 0.333. The lowest BCUT2D eigenvalue weighted by molar-refractivity contribution is -0.115. The lowest BCUT2D eigenvalue weighted by Gasteiger charge is -2.01. The van der Waals surface area contributed by atoms with Gasteiger partial charge in [-0.1, -0.05) is 5.16 Å². The highest BCUT2D eigenvalue weighted by molar-refractivity contribution is 5.70. The quantitative estimate of drug-likeness (QED) is 0.676. The number of rotatable bonds is 5. The van der Waals surface area contributed by atoms with Gasteiger partial charge in [-0.3, -0.25) is 14.5 Å². The Bertz CT molecular complexity index is 808. The standard InChI is InChI=1S/C13H15N7O.C2H5NO/c1-9-5-10(20(2)18-9)6-15-8-12-17-13(19-21-12)11-7-14-3-4-16-11;1-2(3)4/h3-5,7,15H,6,8H2,1-2H3;1H3,(H2,3,4). The average molecular weight is 344 g/mol. The predicted molar refractivity (Wildman–Crippen MR) is 88.7 cm³/mol. The van der Waals surface area contributed by atoms with E-state index < -0.39 is 0 Å². The van der Waals surface area contributed by atoms with Gasteiger partial charge < -0.3 is 15.6 Å². The third kappa shape index (κ3) is 5.77. The number of aryl methyl sites for hydroxylation is 2. The van der Waals surface area contributed by atoms with Crippen molar-refractivity contribution in [3.63, 3.8) is 0 Å². The van der Waals surface area contributed by atoms with Crippen LogP contribution in [0.4, 0.5) is 0 Å². The fourth-order valence-electron chi connectivity index (χ4n) is 1.97. The Morgan fingerprint density at radius 1 is 1.36 bits per heavy atom. The monoisotopic (exact) mass is 344 g/mol. The zero-order chi connectivity index (χ0) is 18.2. The van der Waals surface area contributed by atoms with Crippen LogP contribution < -0.4 is 11.1 Å². The summed E-state index contributed by atoms with van der Waals surface area (Å²) in [7, 11) is 1.92. The van der Waals surface area contributed by atoms with Crippen LogP contribution in [0.1, 0.15) is 24.2 Å². The van der Waals surface area contributed by atoms with Gasteiger partial charge >= 0.3 is 0 Å². The van der Waals surface area contributed by atoms with Crippen LogP contribution in [0.15, 0.2) is 29.2 Å². The Morgan fingerprint density at radius 3 is 2.72 bits per heavy atom. The molecule has 0 aliphatic carbocycles. The van der Waals surface area contributed by atoms with Crippen LogP contribution in [0.5, 0.6) is 0 Å². The zero-order valence-corrected chi connectivity index (χ0v) is 14.3. The minimum Gasteiger partial charge on any atom is -0.370 e. The summed E-state index contributed by atoms with van der Waals surface area (Å²) in [5, 5.41) is 11.4. The molecule has 0 radical (unpaired) electrons. The van der Waals surface area contributed by atoms with Crippen LogP contribution in [-0.4, -0.2) is 35.8 Å². The molecule has 0 fully saturated rings. The van der Waals surface area contributed by atoms with E-state index in [1.54, 1.807) is 18.6 Å². The summed E-state index contributed by atoms with van der Waals surface area (Å²) in [5.41, 5.74) is 7.16. The van der Waals surface area contributed by atoms with Crippen molar-refractivity contribution in [3.05, 3.63) is 41.9 Å². The second kappa shape index (κ2) is 8.64. The zero-order valence-electron chi connectivity index (χ0n) is 14.3. The third-order valence-electron chi connectivity index (χ3n) is 2.94. The fourth-order valence-corrected chi connectivity index (χ4v) is 1.97. The SMILES string of the molecule is CC(N)=O.Cc1cc(CNCc2nc(-c3cnccn3)no2)n(C)n1. The molecule has 3 aromatic rings. The molecule has 132 valence electrons. The summed E-state index contributed by atoms with van der Waals surface area (Å²) in [6, 6.07) is 2.03. The summed E-state index contributed by atoms with van der Waals surface area (Å²) >= 11 is 0. The van der Waals surface area contributed by atoms with Crippen LogP contribution in [0.2, 0.25) is 0 Å². The number of hydrogen-bond acceptors (Lipinski definition) is 8. The number of carbonyl (C=O) groups is 1. The van der Waals surface area contributed by atoms with Gasteiger partial charge in [0.1, 0.15) is 5.69 Å². The average Bonchev–Trinajstić information content (AvgIpc) is 3.15. The maximum atomic E-state index is 9.22. The molecule has 0 aliphatic heterocycles. The number of amides is 1. The van der Waals surface area contributed by atoms with Crippen molar-refractivity contribution in [3.8, 4) is 11.5 Å². The Kier molecular flexibility index (Phi) is 6.29. The lowest BCUT2D eigenvalue weighted by Crippen LogP contribution is -2.15. The highest BCUT2D eigenvalue weighted by atomic mass is 16.5. The Morgan fingerprint density at radius 2 is 2.12 bits per heavy atom. The van der Waals surface area contributed by atoms with Gasteiger partial charge in [-0.15, -0.1) is 0 Å². The molecule has 0 saturated heterocycles. The van der Waals surface area contributed by atoms with Crippen LogP contribution >= 0.6 is 0 Å². The molecule has 10 heteroatoms. The largest absolute Gasteiger partial charge is 0.370 e. The minimum absolute atomic E-state index is 0.333. The van der Waals surface area contributed by atoms with Crippen LogP contribution in [-0.2, 0) is 24.9 Å². The molecule has 3 N–H and O–H groups in total. The molecule has 10 nitrogen and oxygen atoms in total. The van der Waals surface area contributed by atoms with E-state index in [0.29, 0.717) is 30.5 Å². The minimum atomic E-state index is -0.333. The molecular weight excluding hydrogens is 324 g/mol. The van der Waals surface area contributed by atoms with E-state index in [2.05, 4.69) is 36.3 Å². The first-order chi connectivity index (χ1) is 12.0. The van der Waals surface area contributed by atoms with Crippen molar-refractivity contribution in [1.82, 2.24) is 35.2 Å². The molecule has 0 unspecified atom stereocenters. The Balaban J connectivity index is 0.000000511. The molecule has 1 amide bonds. The van der Waals surface area contributed by atoms with Gasteiger partial charge in [-0.25, -0.2) is 4.98 Å². The number of aromatic nitrogens is 6. The van der Waals surface area contributed by atoms with Gasteiger partial charge in [0.05, 0.1) is 24.1 Å². The van der Waals surface area contributed by atoms with E-state index in [0.717, 1.165) is 11.4 Å². The van der Waals surface area contributed by atoms with Crippen molar-refractivity contribution in [1.29, 1.82) is 0 Å². The summed E-state index contributed by atoms with van der Waals surface area (Å²) in [5.74, 6) is 0.617. The van der Waals surface area contributed by atoms with Gasteiger partial charge in [0.25, 0.3) is 0 Å². The molecule has 3 heterocycles. The summed E-state index contributed by atoms with van der Waals surface area (Å²) < 4.78 is 7.03. The van der Waals surface area contributed by atoms with E-state index in [1.807, 2.05) is 24.7 Å². The van der Waals surface area contributed by atoms with Crippen molar-refractivity contribution in [2.24, 2.45) is 12.8 Å². The summed E-state index contributed by atoms with van der Waals surface area (Å²) in [6.45, 7) is 4.44. The Hall–Kier alpha value is -3.14. The number of primary amides is 1. The first-order valence-corrected chi connectivity index (χ1v) is 7.51. The van der Waals surface area contributed by atoms with Gasteiger partial charge in [0.2, 0.25) is 17.6 Å². The molecule has 0 saturated carbocycles. The maximum Gasteiger partial charge on any atom is 0.240 e. The maximum absolute atomic E-state index is 9.22.